The highest BCUT2D eigenvalue weighted by molar-refractivity contribution is 7.89. The lowest BCUT2D eigenvalue weighted by Gasteiger charge is -2.11. The van der Waals surface area contributed by atoms with E-state index in [1.807, 2.05) is 4.72 Å². The second-order valence-electron chi connectivity index (χ2n) is 2.88. The Morgan fingerprint density at radius 1 is 1.56 bits per heavy atom. The molecule has 1 heterocycles. The van der Waals surface area contributed by atoms with Gasteiger partial charge in [0, 0.05) is 12.4 Å². The normalized spacial score (nSPS) is 13.3. The first-order valence-corrected chi connectivity index (χ1v) is 5.71. The first-order valence-electron chi connectivity index (χ1n) is 4.23. The second-order valence-corrected chi connectivity index (χ2v) is 4.60. The summed E-state index contributed by atoms with van der Waals surface area (Å²) in [6.45, 7) is -0.825. The van der Waals surface area contributed by atoms with Gasteiger partial charge in [-0.2, -0.15) is 4.72 Å². The van der Waals surface area contributed by atoms with Crippen LogP contribution in [0.4, 0.5) is 0 Å². The van der Waals surface area contributed by atoms with Gasteiger partial charge in [0.05, 0.1) is 6.61 Å². The molecule has 0 spiro atoms. The predicted octanol–water partition coefficient (Wildman–Crippen LogP) is -1.19. The van der Waals surface area contributed by atoms with Crippen LogP contribution in [0.1, 0.15) is 0 Å². The lowest BCUT2D eigenvalue weighted by molar-refractivity contribution is -0.139. The standard InChI is InChI=1S/C8H10N2O5S/c11-5-7(8(12)13)10-16(14,15)6-2-1-3-9-4-6/h1-4,7,10-11H,5H2,(H,12,13). The van der Waals surface area contributed by atoms with Gasteiger partial charge >= 0.3 is 5.97 Å². The summed E-state index contributed by atoms with van der Waals surface area (Å²) in [5.74, 6) is -1.45. The molecule has 3 N–H and O–H groups in total. The van der Waals surface area contributed by atoms with E-state index in [4.69, 9.17) is 10.2 Å². The van der Waals surface area contributed by atoms with Crippen LogP contribution in [0, 0.1) is 0 Å². The number of nitrogens with one attached hydrogen (secondary N) is 1. The van der Waals surface area contributed by atoms with Crippen molar-refractivity contribution in [1.29, 1.82) is 0 Å². The molecule has 8 heteroatoms. The van der Waals surface area contributed by atoms with E-state index < -0.39 is 28.6 Å². The van der Waals surface area contributed by atoms with Crippen molar-refractivity contribution in [2.24, 2.45) is 0 Å². The quantitative estimate of drug-likeness (QED) is 0.601. The minimum absolute atomic E-state index is 0.158. The van der Waals surface area contributed by atoms with Crippen LogP contribution in [0.25, 0.3) is 0 Å². The predicted molar refractivity (Wildman–Crippen MR) is 53.1 cm³/mol. The maximum Gasteiger partial charge on any atom is 0.324 e. The maximum absolute atomic E-state index is 11.6. The number of pyridine rings is 1. The molecule has 1 atom stereocenters. The molecule has 1 aromatic rings. The van der Waals surface area contributed by atoms with Crippen molar-refractivity contribution in [2.75, 3.05) is 6.61 Å². The molecule has 0 aliphatic heterocycles. The topological polar surface area (TPSA) is 117 Å². The molecule has 88 valence electrons. The van der Waals surface area contributed by atoms with Gasteiger partial charge in [0.2, 0.25) is 10.0 Å². The van der Waals surface area contributed by atoms with E-state index in [1.165, 1.54) is 18.3 Å². The number of carboxylic acid groups (broad SMARTS) is 1. The minimum Gasteiger partial charge on any atom is -0.480 e. The number of carbonyl (C=O) groups is 1. The van der Waals surface area contributed by atoms with Gasteiger partial charge in [-0.15, -0.1) is 0 Å². The number of hydrogen-bond donors (Lipinski definition) is 3. The van der Waals surface area contributed by atoms with Gasteiger partial charge in [0.1, 0.15) is 10.9 Å². The highest BCUT2D eigenvalue weighted by Crippen LogP contribution is 2.06. The van der Waals surface area contributed by atoms with Crippen molar-refractivity contribution in [3.8, 4) is 0 Å². The summed E-state index contributed by atoms with van der Waals surface area (Å²) < 4.78 is 25.0. The molecule has 1 unspecified atom stereocenters. The Hall–Kier alpha value is -1.51. The van der Waals surface area contributed by atoms with E-state index >= 15 is 0 Å². The molecule has 0 radical (unpaired) electrons. The molecule has 0 fully saturated rings. The Balaban J connectivity index is 2.92. The molecule has 0 aliphatic carbocycles. The largest absolute Gasteiger partial charge is 0.480 e. The molecule has 0 bridgehead atoms. The van der Waals surface area contributed by atoms with Crippen molar-refractivity contribution in [2.45, 2.75) is 10.9 Å². The first kappa shape index (κ1) is 12.6. The van der Waals surface area contributed by atoms with Crippen LogP contribution < -0.4 is 4.72 Å². The molecule has 1 rings (SSSR count). The van der Waals surface area contributed by atoms with E-state index in [9.17, 15) is 13.2 Å². The summed E-state index contributed by atoms with van der Waals surface area (Å²) in [6, 6.07) is 1.11. The summed E-state index contributed by atoms with van der Waals surface area (Å²) in [5, 5.41) is 17.3. The Labute approximate surface area is 91.8 Å². The zero-order valence-corrected chi connectivity index (χ0v) is 8.88. The number of aromatic nitrogens is 1. The van der Waals surface area contributed by atoms with Crippen LogP contribution in [0.2, 0.25) is 0 Å². The fourth-order valence-corrected chi connectivity index (χ4v) is 2.07. The van der Waals surface area contributed by atoms with Crippen molar-refractivity contribution >= 4 is 16.0 Å². The Kier molecular flexibility index (Phi) is 3.93. The number of rotatable bonds is 5. The van der Waals surface area contributed by atoms with E-state index in [2.05, 4.69) is 4.98 Å². The van der Waals surface area contributed by atoms with Gasteiger partial charge < -0.3 is 10.2 Å². The molecule has 0 aromatic carbocycles. The number of aliphatic hydroxyl groups is 1. The Morgan fingerprint density at radius 2 is 2.25 bits per heavy atom. The summed E-state index contributed by atoms with van der Waals surface area (Å²) in [5.41, 5.74) is 0. The zero-order valence-electron chi connectivity index (χ0n) is 8.07. The second kappa shape index (κ2) is 5.01. The highest BCUT2D eigenvalue weighted by atomic mass is 32.2. The number of aliphatic carboxylic acids is 1. The van der Waals surface area contributed by atoms with Gasteiger partial charge in [0.15, 0.2) is 0 Å². The third-order valence-electron chi connectivity index (χ3n) is 1.72. The van der Waals surface area contributed by atoms with Gasteiger partial charge in [-0.1, -0.05) is 0 Å². The monoisotopic (exact) mass is 246 g/mol. The fourth-order valence-electron chi connectivity index (χ4n) is 0.927. The summed E-state index contributed by atoms with van der Waals surface area (Å²) in [7, 11) is -3.97. The van der Waals surface area contributed by atoms with E-state index in [1.54, 1.807) is 0 Å². The summed E-state index contributed by atoms with van der Waals surface area (Å²) in [6.07, 6.45) is 2.47. The van der Waals surface area contributed by atoms with Gasteiger partial charge in [-0.3, -0.25) is 9.78 Å². The molecule has 7 nitrogen and oxygen atoms in total. The van der Waals surface area contributed by atoms with Crippen LogP contribution >= 0.6 is 0 Å². The molecule has 16 heavy (non-hydrogen) atoms. The van der Waals surface area contributed by atoms with E-state index in [0.717, 1.165) is 6.20 Å². The fraction of sp³-hybridized carbons (Fsp3) is 0.250. The number of nitrogens with zero attached hydrogens (tertiary/aromatic N) is 1. The van der Waals surface area contributed by atoms with Crippen LogP contribution in [-0.4, -0.2) is 42.2 Å². The highest BCUT2D eigenvalue weighted by Gasteiger charge is 2.24. The Bertz CT molecular complexity index is 459. The first-order chi connectivity index (χ1) is 7.47. The molecular weight excluding hydrogens is 236 g/mol. The van der Waals surface area contributed by atoms with Crippen LogP contribution in [0.5, 0.6) is 0 Å². The van der Waals surface area contributed by atoms with Crippen molar-refractivity contribution in [1.82, 2.24) is 9.71 Å². The zero-order chi connectivity index (χ0) is 12.2. The molecule has 0 amide bonds. The molecular formula is C8H10N2O5S. The van der Waals surface area contributed by atoms with Crippen LogP contribution in [-0.2, 0) is 14.8 Å². The van der Waals surface area contributed by atoms with Crippen molar-refractivity contribution < 1.29 is 23.4 Å². The summed E-state index contributed by atoms with van der Waals surface area (Å²) >= 11 is 0. The lowest BCUT2D eigenvalue weighted by Crippen LogP contribution is -2.43. The number of aliphatic hydroxyl groups excluding tert-OH is 1. The lowest BCUT2D eigenvalue weighted by atomic mass is 10.3. The number of sulfonamides is 1. The molecule has 1 aromatic heterocycles. The third kappa shape index (κ3) is 2.99. The van der Waals surface area contributed by atoms with Gasteiger partial charge in [-0.05, 0) is 12.1 Å². The molecule has 0 saturated carbocycles. The van der Waals surface area contributed by atoms with Gasteiger partial charge in [-0.25, -0.2) is 8.42 Å². The average molecular weight is 246 g/mol. The van der Waals surface area contributed by atoms with Crippen LogP contribution in [0.3, 0.4) is 0 Å². The van der Waals surface area contributed by atoms with Crippen molar-refractivity contribution in [3.05, 3.63) is 24.5 Å². The van der Waals surface area contributed by atoms with Crippen LogP contribution in [0.15, 0.2) is 29.4 Å². The molecule has 0 saturated heterocycles. The average Bonchev–Trinajstić information content (AvgIpc) is 2.27. The summed E-state index contributed by atoms with van der Waals surface area (Å²) in [4.78, 5) is 14.0. The van der Waals surface area contributed by atoms with E-state index in [-0.39, 0.29) is 4.90 Å². The maximum atomic E-state index is 11.6. The van der Waals surface area contributed by atoms with E-state index in [0.29, 0.717) is 0 Å². The number of hydrogen-bond acceptors (Lipinski definition) is 5. The third-order valence-corrected chi connectivity index (χ3v) is 3.18. The molecule has 0 aliphatic rings. The number of carboxylic acids is 1. The Morgan fingerprint density at radius 3 is 2.69 bits per heavy atom. The SMILES string of the molecule is O=C(O)C(CO)NS(=O)(=O)c1cccnc1. The van der Waals surface area contributed by atoms with Crippen molar-refractivity contribution in [3.63, 3.8) is 0 Å². The smallest absolute Gasteiger partial charge is 0.324 e. The minimum atomic E-state index is -3.97. The van der Waals surface area contributed by atoms with Gasteiger partial charge in [0.25, 0.3) is 0 Å².